The van der Waals surface area contributed by atoms with Crippen molar-refractivity contribution in [1.29, 1.82) is 0 Å². The van der Waals surface area contributed by atoms with Gasteiger partial charge in [-0.25, -0.2) is 0 Å². The van der Waals surface area contributed by atoms with Crippen molar-refractivity contribution in [3.05, 3.63) is 0 Å². The third-order valence-corrected chi connectivity index (χ3v) is 5.01. The molecule has 1 aliphatic carbocycles. The highest BCUT2D eigenvalue weighted by Gasteiger charge is 2.68. The fourth-order valence-corrected chi connectivity index (χ4v) is 3.30. The highest BCUT2D eigenvalue weighted by Crippen LogP contribution is 2.71. The topological polar surface area (TPSA) is 12.0 Å². The molecule has 0 spiro atoms. The first-order valence-corrected chi connectivity index (χ1v) is 6.80. The average molecular weight is 225 g/mol. The van der Waals surface area contributed by atoms with Crippen LogP contribution >= 0.6 is 0 Å². The van der Waals surface area contributed by atoms with Crippen LogP contribution in [0.1, 0.15) is 61.8 Å². The summed E-state index contributed by atoms with van der Waals surface area (Å²) in [4.78, 5) is 0. The zero-order chi connectivity index (χ0) is 12.8. The maximum absolute atomic E-state index is 3.78. The van der Waals surface area contributed by atoms with Crippen molar-refractivity contribution in [1.82, 2.24) is 5.32 Å². The molecule has 0 radical (unpaired) electrons. The minimum Gasteiger partial charge on any atom is -0.313 e. The van der Waals surface area contributed by atoms with Gasteiger partial charge in [-0.05, 0) is 35.1 Å². The lowest BCUT2D eigenvalue weighted by Gasteiger charge is -2.34. The van der Waals surface area contributed by atoms with E-state index in [-0.39, 0.29) is 0 Å². The van der Waals surface area contributed by atoms with Gasteiger partial charge in [-0.2, -0.15) is 0 Å². The molecule has 1 fully saturated rings. The zero-order valence-electron chi connectivity index (χ0n) is 12.6. The number of nitrogens with one attached hydrogen (secondary N) is 1. The Kier molecular flexibility index (Phi) is 3.52. The molecule has 0 amide bonds. The van der Waals surface area contributed by atoms with Gasteiger partial charge in [0.05, 0.1) is 0 Å². The van der Waals surface area contributed by atoms with Crippen molar-refractivity contribution in [3.8, 4) is 0 Å². The molecule has 1 saturated carbocycles. The molecule has 0 saturated heterocycles. The van der Waals surface area contributed by atoms with E-state index in [0.29, 0.717) is 22.3 Å². The predicted molar refractivity (Wildman–Crippen MR) is 72.6 cm³/mol. The Morgan fingerprint density at radius 3 is 1.75 bits per heavy atom. The van der Waals surface area contributed by atoms with Gasteiger partial charge in [-0.1, -0.05) is 55.4 Å². The van der Waals surface area contributed by atoms with Gasteiger partial charge >= 0.3 is 0 Å². The van der Waals surface area contributed by atoms with Crippen LogP contribution in [0, 0.1) is 22.2 Å². The van der Waals surface area contributed by atoms with Crippen LogP contribution in [0.3, 0.4) is 0 Å². The molecule has 0 aromatic heterocycles. The van der Waals surface area contributed by atoms with Crippen molar-refractivity contribution < 1.29 is 0 Å². The molecule has 1 rings (SSSR count). The van der Waals surface area contributed by atoms with Crippen LogP contribution in [0.5, 0.6) is 0 Å². The molecule has 1 heteroatoms. The fourth-order valence-electron chi connectivity index (χ4n) is 3.30. The quantitative estimate of drug-likeness (QED) is 0.760. The summed E-state index contributed by atoms with van der Waals surface area (Å²) in [6.07, 6.45) is 1.22. The molecule has 1 N–H and O–H groups in total. The summed E-state index contributed by atoms with van der Waals surface area (Å²) in [5, 5.41) is 3.78. The third-order valence-electron chi connectivity index (χ3n) is 5.01. The largest absolute Gasteiger partial charge is 0.313 e. The third kappa shape index (κ3) is 2.16. The van der Waals surface area contributed by atoms with E-state index in [0.717, 1.165) is 12.5 Å². The highest BCUT2D eigenvalue weighted by atomic mass is 15.0. The summed E-state index contributed by atoms with van der Waals surface area (Å²) in [6, 6.07) is 0.637. The number of rotatable bonds is 4. The molecular formula is C15H31N. The maximum Gasteiger partial charge on any atom is 0.0154 e. The van der Waals surface area contributed by atoms with Gasteiger partial charge in [-0.15, -0.1) is 0 Å². The SMILES string of the molecule is CCCNC(C1C(C)(C)C1(C)C)C(C)(C)C. The lowest BCUT2D eigenvalue weighted by atomic mass is 9.81. The van der Waals surface area contributed by atoms with Gasteiger partial charge in [0, 0.05) is 6.04 Å². The van der Waals surface area contributed by atoms with Gasteiger partial charge in [0.2, 0.25) is 0 Å². The van der Waals surface area contributed by atoms with Crippen molar-refractivity contribution >= 4 is 0 Å². The normalized spacial score (nSPS) is 25.5. The van der Waals surface area contributed by atoms with E-state index in [9.17, 15) is 0 Å². The molecule has 0 aromatic rings. The molecule has 0 aliphatic heterocycles. The van der Waals surface area contributed by atoms with E-state index >= 15 is 0 Å². The molecule has 0 bridgehead atoms. The van der Waals surface area contributed by atoms with Crippen molar-refractivity contribution in [2.75, 3.05) is 6.54 Å². The summed E-state index contributed by atoms with van der Waals surface area (Å²) in [7, 11) is 0. The second-order valence-electron chi connectivity index (χ2n) is 7.72. The summed E-state index contributed by atoms with van der Waals surface area (Å²) in [5.74, 6) is 0.798. The Morgan fingerprint density at radius 2 is 1.50 bits per heavy atom. The first-order chi connectivity index (χ1) is 7.06. The van der Waals surface area contributed by atoms with Gasteiger partial charge < -0.3 is 5.32 Å². The predicted octanol–water partition coefficient (Wildman–Crippen LogP) is 4.08. The van der Waals surface area contributed by atoms with Crippen LogP contribution < -0.4 is 5.32 Å². The molecule has 16 heavy (non-hydrogen) atoms. The molecule has 0 aromatic carbocycles. The van der Waals surface area contributed by atoms with E-state index in [2.05, 4.69) is 60.7 Å². The molecule has 1 atom stereocenters. The lowest BCUT2D eigenvalue weighted by molar-refractivity contribution is 0.215. The highest BCUT2D eigenvalue weighted by molar-refractivity contribution is 5.18. The summed E-state index contributed by atoms with van der Waals surface area (Å²) >= 11 is 0. The Hall–Kier alpha value is -0.0400. The number of hydrogen-bond acceptors (Lipinski definition) is 1. The molecule has 1 nitrogen and oxygen atoms in total. The molecule has 96 valence electrons. The van der Waals surface area contributed by atoms with Crippen molar-refractivity contribution in [2.45, 2.75) is 67.9 Å². The van der Waals surface area contributed by atoms with Crippen LogP contribution in [0.4, 0.5) is 0 Å². The van der Waals surface area contributed by atoms with Crippen LogP contribution in [0.15, 0.2) is 0 Å². The van der Waals surface area contributed by atoms with Gasteiger partial charge in [-0.3, -0.25) is 0 Å². The first-order valence-electron chi connectivity index (χ1n) is 6.80. The Labute approximate surface area is 102 Å². The number of hydrogen-bond donors (Lipinski definition) is 1. The van der Waals surface area contributed by atoms with Crippen LogP contribution in [-0.4, -0.2) is 12.6 Å². The molecule has 0 heterocycles. The summed E-state index contributed by atoms with van der Waals surface area (Å²) < 4.78 is 0. The fraction of sp³-hybridized carbons (Fsp3) is 1.00. The van der Waals surface area contributed by atoms with Gasteiger partial charge in [0.1, 0.15) is 0 Å². The minimum absolute atomic E-state index is 0.352. The molecule has 1 unspecified atom stereocenters. The Morgan fingerprint density at radius 1 is 1.06 bits per heavy atom. The van der Waals surface area contributed by atoms with E-state index in [1.165, 1.54) is 6.42 Å². The monoisotopic (exact) mass is 225 g/mol. The van der Waals surface area contributed by atoms with Crippen LogP contribution in [0.2, 0.25) is 0 Å². The zero-order valence-corrected chi connectivity index (χ0v) is 12.6. The first kappa shape index (κ1) is 14.0. The summed E-state index contributed by atoms with van der Waals surface area (Å²) in [5.41, 5.74) is 1.31. The van der Waals surface area contributed by atoms with Crippen molar-refractivity contribution in [3.63, 3.8) is 0 Å². The van der Waals surface area contributed by atoms with Gasteiger partial charge in [0.25, 0.3) is 0 Å². The Bertz CT molecular complexity index is 231. The van der Waals surface area contributed by atoms with E-state index in [1.807, 2.05) is 0 Å². The van der Waals surface area contributed by atoms with E-state index < -0.39 is 0 Å². The maximum atomic E-state index is 3.78. The average Bonchev–Trinajstić information content (AvgIpc) is 2.45. The van der Waals surface area contributed by atoms with Gasteiger partial charge in [0.15, 0.2) is 0 Å². The molecular weight excluding hydrogens is 194 g/mol. The van der Waals surface area contributed by atoms with Crippen LogP contribution in [0.25, 0.3) is 0 Å². The van der Waals surface area contributed by atoms with E-state index in [4.69, 9.17) is 0 Å². The second-order valence-corrected chi connectivity index (χ2v) is 7.72. The van der Waals surface area contributed by atoms with Crippen molar-refractivity contribution in [2.24, 2.45) is 22.2 Å². The standard InChI is InChI=1S/C15H31N/c1-9-10-16-12(13(2,3)4)11-14(5,6)15(11,7)8/h11-12,16H,9-10H2,1-8H3. The smallest absolute Gasteiger partial charge is 0.0154 e. The minimum atomic E-state index is 0.352. The second kappa shape index (κ2) is 4.01. The summed E-state index contributed by atoms with van der Waals surface area (Å²) in [6.45, 7) is 20.2. The molecule has 1 aliphatic rings. The Balaban J connectivity index is 2.81. The van der Waals surface area contributed by atoms with Crippen LogP contribution in [-0.2, 0) is 0 Å². The lowest BCUT2D eigenvalue weighted by Crippen LogP contribution is -2.44. The van der Waals surface area contributed by atoms with E-state index in [1.54, 1.807) is 0 Å².